The maximum atomic E-state index is 16.5. The van der Waals surface area contributed by atoms with Crippen molar-refractivity contribution < 1.29 is 22.4 Å². The van der Waals surface area contributed by atoms with Gasteiger partial charge in [-0.2, -0.15) is 13.2 Å². The molecule has 0 bridgehead atoms. The normalized spacial score (nSPS) is 17.7. The summed E-state index contributed by atoms with van der Waals surface area (Å²) in [6.07, 6.45) is -2.94. The van der Waals surface area contributed by atoms with E-state index in [4.69, 9.17) is 0 Å². The summed E-state index contributed by atoms with van der Waals surface area (Å²) in [6, 6.07) is 5.29. The van der Waals surface area contributed by atoms with E-state index in [1.54, 1.807) is 35.8 Å². The van der Waals surface area contributed by atoms with Gasteiger partial charge in [0.05, 0.1) is 11.1 Å². The van der Waals surface area contributed by atoms with Crippen LogP contribution in [0.2, 0.25) is 0 Å². The molecular formula is C29H33F4N5O2. The molecule has 0 unspecified atom stereocenters. The van der Waals surface area contributed by atoms with E-state index < -0.39 is 29.3 Å². The molecule has 1 atom stereocenters. The Labute approximate surface area is 229 Å². The van der Waals surface area contributed by atoms with Crippen molar-refractivity contribution in [2.75, 3.05) is 36.4 Å². The molecule has 3 aromatic rings. The van der Waals surface area contributed by atoms with Crippen molar-refractivity contribution in [3.8, 4) is 0 Å². The minimum absolute atomic E-state index is 0.0707. The van der Waals surface area contributed by atoms with Gasteiger partial charge in [0.25, 0.3) is 5.56 Å². The highest BCUT2D eigenvalue weighted by Gasteiger charge is 2.47. The Morgan fingerprint density at radius 3 is 2.35 bits per heavy atom. The van der Waals surface area contributed by atoms with Crippen molar-refractivity contribution in [3.63, 3.8) is 0 Å². The summed E-state index contributed by atoms with van der Waals surface area (Å²) in [4.78, 5) is 33.5. The zero-order valence-corrected chi connectivity index (χ0v) is 23.2. The summed E-state index contributed by atoms with van der Waals surface area (Å²) in [5.41, 5.74) is -0.706. The molecule has 5 rings (SSSR count). The highest BCUT2D eigenvalue weighted by molar-refractivity contribution is 5.90. The molecule has 0 radical (unpaired) electrons. The minimum atomic E-state index is -4.68. The summed E-state index contributed by atoms with van der Waals surface area (Å²) in [7, 11) is 1.51. The van der Waals surface area contributed by atoms with Gasteiger partial charge in [0.15, 0.2) is 11.5 Å². The Balaban J connectivity index is 1.54. The van der Waals surface area contributed by atoms with Crippen LogP contribution in [-0.2, 0) is 18.0 Å². The molecule has 1 amide bonds. The van der Waals surface area contributed by atoms with Crippen molar-refractivity contribution in [3.05, 3.63) is 63.0 Å². The van der Waals surface area contributed by atoms with E-state index in [-0.39, 0.29) is 39.3 Å². The third-order valence-corrected chi connectivity index (χ3v) is 8.11. The van der Waals surface area contributed by atoms with E-state index in [0.29, 0.717) is 37.3 Å². The molecule has 11 heteroatoms. The maximum absolute atomic E-state index is 16.5. The lowest BCUT2D eigenvalue weighted by Gasteiger charge is -2.38. The summed E-state index contributed by atoms with van der Waals surface area (Å²) in [5, 5.41) is 3.09. The Hall–Kier alpha value is -3.63. The van der Waals surface area contributed by atoms with Gasteiger partial charge in [-0.1, -0.05) is 13.0 Å². The van der Waals surface area contributed by atoms with Gasteiger partial charge >= 0.3 is 6.18 Å². The van der Waals surface area contributed by atoms with E-state index in [9.17, 15) is 22.8 Å². The number of alkyl halides is 3. The van der Waals surface area contributed by atoms with Crippen molar-refractivity contribution in [1.29, 1.82) is 0 Å². The second-order valence-electron chi connectivity index (χ2n) is 11.3. The largest absolute Gasteiger partial charge is 0.435 e. The standard InChI is InChI=1S/C29H33F4N5O2/c1-16-14-19(18(3)35-21-7-6-17(2)34-24(21)29(31,32)33)22-20(15-16)26(39)36(5)25(23(22)30)37-10-12-38(13-11-37)27(40)28(4)8-9-28/h6-7,14-15,18,35H,8-13H2,1-5H3/t18-/m1/s1. The number of aryl methyl sites for hydroxylation is 2. The minimum Gasteiger partial charge on any atom is -0.377 e. The first-order valence-corrected chi connectivity index (χ1v) is 13.4. The molecule has 2 aromatic heterocycles. The number of carbonyl (C=O) groups excluding carboxylic acids is 1. The summed E-state index contributed by atoms with van der Waals surface area (Å²) in [6.45, 7) is 8.37. The van der Waals surface area contributed by atoms with Gasteiger partial charge in [0.2, 0.25) is 5.91 Å². The number of carbonyl (C=O) groups is 1. The number of hydrogen-bond acceptors (Lipinski definition) is 5. The molecule has 214 valence electrons. The lowest BCUT2D eigenvalue weighted by Crippen LogP contribution is -2.51. The van der Waals surface area contributed by atoms with Crippen LogP contribution in [-0.4, -0.2) is 46.5 Å². The smallest absolute Gasteiger partial charge is 0.377 e. The summed E-state index contributed by atoms with van der Waals surface area (Å²) >= 11 is 0. The van der Waals surface area contributed by atoms with Gasteiger partial charge in [0, 0.05) is 55.8 Å². The first-order valence-electron chi connectivity index (χ1n) is 13.4. The first-order chi connectivity index (χ1) is 18.7. The van der Waals surface area contributed by atoms with E-state index in [1.807, 2.05) is 6.92 Å². The van der Waals surface area contributed by atoms with E-state index in [1.165, 1.54) is 30.7 Å². The number of pyridine rings is 2. The number of benzene rings is 1. The predicted octanol–water partition coefficient (Wildman–Crippen LogP) is 5.33. The fourth-order valence-corrected chi connectivity index (χ4v) is 5.56. The van der Waals surface area contributed by atoms with Crippen LogP contribution in [0.5, 0.6) is 0 Å². The molecule has 1 saturated heterocycles. The van der Waals surface area contributed by atoms with Crippen LogP contribution < -0.4 is 15.8 Å². The molecule has 1 N–H and O–H groups in total. The number of amides is 1. The third kappa shape index (κ3) is 4.90. The van der Waals surface area contributed by atoms with E-state index >= 15 is 4.39 Å². The molecule has 2 fully saturated rings. The monoisotopic (exact) mass is 559 g/mol. The number of halogens is 4. The fraction of sp³-hybridized carbons (Fsp3) is 0.483. The number of nitrogens with zero attached hydrogens (tertiary/aromatic N) is 4. The van der Waals surface area contributed by atoms with Crippen LogP contribution in [0.15, 0.2) is 29.1 Å². The number of piperazine rings is 1. The summed E-state index contributed by atoms with van der Waals surface area (Å²) in [5.74, 6) is -0.401. The molecule has 0 spiro atoms. The average molecular weight is 560 g/mol. The zero-order valence-electron chi connectivity index (χ0n) is 23.2. The number of aromatic nitrogens is 2. The maximum Gasteiger partial charge on any atom is 0.435 e. The topological polar surface area (TPSA) is 70.5 Å². The Morgan fingerprint density at radius 1 is 1.10 bits per heavy atom. The highest BCUT2D eigenvalue weighted by atomic mass is 19.4. The Kier molecular flexibility index (Phi) is 6.82. The fourth-order valence-electron chi connectivity index (χ4n) is 5.56. The second kappa shape index (κ2) is 9.78. The molecule has 1 aliphatic heterocycles. The molecule has 1 aromatic carbocycles. The SMILES string of the molecule is Cc1cc([C@@H](C)Nc2ccc(C)nc2C(F)(F)F)c2c(F)c(N3CCN(C(=O)C4(C)CC4)CC3)n(C)c(=O)c2c1. The lowest BCUT2D eigenvalue weighted by molar-refractivity contribution is -0.140. The molecule has 40 heavy (non-hydrogen) atoms. The van der Waals surface area contributed by atoms with Gasteiger partial charge in [-0.05, 0) is 62.9 Å². The predicted molar refractivity (Wildman–Crippen MR) is 146 cm³/mol. The molecule has 3 heterocycles. The number of nitrogens with one attached hydrogen (secondary N) is 1. The van der Waals surface area contributed by atoms with Crippen LogP contribution in [0.1, 0.15) is 55.2 Å². The van der Waals surface area contributed by atoms with Crippen LogP contribution in [0.25, 0.3) is 10.8 Å². The molecule has 1 aliphatic carbocycles. The van der Waals surface area contributed by atoms with Crippen LogP contribution in [0.4, 0.5) is 29.1 Å². The Morgan fingerprint density at radius 2 is 1.75 bits per heavy atom. The highest BCUT2D eigenvalue weighted by Crippen LogP contribution is 2.46. The van der Waals surface area contributed by atoms with Gasteiger partial charge < -0.3 is 15.1 Å². The summed E-state index contributed by atoms with van der Waals surface area (Å²) < 4.78 is 58.9. The Bertz CT molecular complexity index is 1550. The van der Waals surface area contributed by atoms with Crippen LogP contribution in [0, 0.1) is 25.1 Å². The molecular weight excluding hydrogens is 526 g/mol. The van der Waals surface area contributed by atoms with Gasteiger partial charge in [-0.15, -0.1) is 0 Å². The molecule has 2 aliphatic rings. The second-order valence-corrected chi connectivity index (χ2v) is 11.3. The van der Waals surface area contributed by atoms with Crippen molar-refractivity contribution in [2.24, 2.45) is 12.5 Å². The van der Waals surface area contributed by atoms with Crippen molar-refractivity contribution in [2.45, 2.75) is 52.8 Å². The molecule has 1 saturated carbocycles. The number of anilines is 2. The third-order valence-electron chi connectivity index (χ3n) is 8.11. The van der Waals surface area contributed by atoms with Gasteiger partial charge in [-0.3, -0.25) is 14.2 Å². The van der Waals surface area contributed by atoms with Crippen molar-refractivity contribution in [1.82, 2.24) is 14.5 Å². The number of fused-ring (bicyclic) bond motifs is 1. The average Bonchev–Trinajstić information content (AvgIpc) is 3.65. The van der Waals surface area contributed by atoms with Gasteiger partial charge in [-0.25, -0.2) is 9.37 Å². The number of rotatable bonds is 5. The first kappa shape index (κ1) is 27.9. The number of hydrogen-bond donors (Lipinski definition) is 1. The van der Waals surface area contributed by atoms with Crippen LogP contribution >= 0.6 is 0 Å². The lowest BCUT2D eigenvalue weighted by atomic mass is 9.96. The van der Waals surface area contributed by atoms with Gasteiger partial charge in [0.1, 0.15) is 5.82 Å². The van der Waals surface area contributed by atoms with E-state index in [2.05, 4.69) is 10.3 Å². The zero-order chi connectivity index (χ0) is 29.1. The van der Waals surface area contributed by atoms with Crippen LogP contribution in [0.3, 0.4) is 0 Å². The molecule has 7 nitrogen and oxygen atoms in total. The van der Waals surface area contributed by atoms with E-state index in [0.717, 1.165) is 12.8 Å². The quantitative estimate of drug-likeness (QED) is 0.428. The van der Waals surface area contributed by atoms with Crippen molar-refractivity contribution >= 4 is 28.2 Å².